The maximum Gasteiger partial charge on any atom is 0.335 e. The van der Waals surface area contributed by atoms with Crippen molar-refractivity contribution < 1.29 is 14.3 Å². The molecule has 1 aromatic rings. The van der Waals surface area contributed by atoms with Crippen molar-refractivity contribution in [2.24, 2.45) is 0 Å². The van der Waals surface area contributed by atoms with E-state index in [2.05, 4.69) is 15.9 Å². The number of carbonyl (C=O) groups excluding carboxylic acids is 2. The highest BCUT2D eigenvalue weighted by atomic mass is 79.9. The predicted octanol–water partition coefficient (Wildman–Crippen LogP) is 3.12. The summed E-state index contributed by atoms with van der Waals surface area (Å²) in [6.45, 7) is 4.00. The Morgan fingerprint density at radius 3 is 3.00 bits per heavy atom. The van der Waals surface area contributed by atoms with Crippen molar-refractivity contribution in [1.29, 1.82) is 0 Å². The van der Waals surface area contributed by atoms with Crippen LogP contribution in [0.25, 0.3) is 0 Å². The van der Waals surface area contributed by atoms with Crippen LogP contribution in [-0.2, 0) is 9.59 Å². The zero-order chi connectivity index (χ0) is 15.2. The minimum absolute atomic E-state index is 0.0485. The van der Waals surface area contributed by atoms with Crippen LogP contribution < -0.4 is 4.74 Å². The fourth-order valence-corrected chi connectivity index (χ4v) is 4.85. The number of halogens is 1. The summed E-state index contributed by atoms with van der Waals surface area (Å²) in [5, 5.41) is 0. The topological polar surface area (TPSA) is 46.6 Å². The van der Waals surface area contributed by atoms with Crippen LogP contribution in [0.3, 0.4) is 0 Å². The summed E-state index contributed by atoms with van der Waals surface area (Å²) in [4.78, 5) is 25.9. The van der Waals surface area contributed by atoms with Crippen LogP contribution in [0.1, 0.15) is 25.3 Å². The first-order chi connectivity index (χ1) is 9.90. The largest absolute Gasteiger partial charge is 0.424 e. The fraction of sp³-hybridized carbons (Fsp3) is 0.467. The highest BCUT2D eigenvalue weighted by Gasteiger charge is 2.53. The molecule has 2 atom stereocenters. The number of benzene rings is 1. The molecule has 4 nitrogen and oxygen atoms in total. The smallest absolute Gasteiger partial charge is 0.335 e. The number of carbonyl (C=O) groups is 2. The van der Waals surface area contributed by atoms with Gasteiger partial charge in [0.15, 0.2) is 0 Å². The minimum Gasteiger partial charge on any atom is -0.424 e. The molecule has 2 fully saturated rings. The zero-order valence-corrected chi connectivity index (χ0v) is 14.3. The summed E-state index contributed by atoms with van der Waals surface area (Å²) in [6, 6.07) is 5.08. The minimum atomic E-state index is -0.483. The molecule has 0 spiro atoms. The number of hydrogen-bond donors (Lipinski definition) is 0. The van der Waals surface area contributed by atoms with Gasteiger partial charge in [-0.25, -0.2) is 4.79 Å². The first kappa shape index (κ1) is 14.9. The maximum absolute atomic E-state index is 12.4. The van der Waals surface area contributed by atoms with Gasteiger partial charge in [0.25, 0.3) is 0 Å². The Hall–Kier alpha value is -1.01. The van der Waals surface area contributed by atoms with Gasteiger partial charge in [0.1, 0.15) is 11.8 Å². The van der Waals surface area contributed by atoms with E-state index >= 15 is 0 Å². The van der Waals surface area contributed by atoms with E-state index in [4.69, 9.17) is 4.74 Å². The second-order valence-corrected chi connectivity index (χ2v) is 7.98. The van der Waals surface area contributed by atoms with Gasteiger partial charge in [-0.3, -0.25) is 4.79 Å². The molecule has 0 bridgehead atoms. The summed E-state index contributed by atoms with van der Waals surface area (Å²) in [6.07, 6.45) is 1.32. The third-order valence-corrected chi connectivity index (χ3v) is 6.14. The molecule has 0 radical (unpaired) electrons. The Morgan fingerprint density at radius 1 is 1.52 bits per heavy atom. The monoisotopic (exact) mass is 369 g/mol. The normalized spacial score (nSPS) is 27.9. The number of thioether (sulfide) groups is 1. The molecule has 6 heteroatoms. The van der Waals surface area contributed by atoms with E-state index in [0.717, 1.165) is 16.5 Å². The summed E-state index contributed by atoms with van der Waals surface area (Å²) in [7, 11) is 0. The average Bonchev–Trinajstić information content (AvgIpc) is 2.90. The van der Waals surface area contributed by atoms with E-state index in [1.807, 2.05) is 26.0 Å². The van der Waals surface area contributed by atoms with Crippen molar-refractivity contribution in [2.75, 3.05) is 5.75 Å². The third-order valence-electron chi connectivity index (χ3n) is 4.01. The van der Waals surface area contributed by atoms with Gasteiger partial charge in [-0.15, -0.1) is 11.8 Å². The van der Waals surface area contributed by atoms with Crippen LogP contribution in [0.5, 0.6) is 5.75 Å². The van der Waals surface area contributed by atoms with Crippen molar-refractivity contribution in [3.63, 3.8) is 0 Å². The highest BCUT2D eigenvalue weighted by molar-refractivity contribution is 9.10. The number of esters is 1. The van der Waals surface area contributed by atoms with E-state index in [-0.39, 0.29) is 16.7 Å². The molecular formula is C15H16BrNO3S. The number of aryl methyl sites for hydroxylation is 1. The second-order valence-electron chi connectivity index (χ2n) is 5.62. The molecule has 21 heavy (non-hydrogen) atoms. The number of rotatable bonds is 2. The molecule has 0 aliphatic carbocycles. The van der Waals surface area contributed by atoms with Crippen LogP contribution >= 0.6 is 27.7 Å². The predicted molar refractivity (Wildman–Crippen MR) is 85.2 cm³/mol. The second kappa shape index (κ2) is 5.32. The molecule has 2 saturated heterocycles. The van der Waals surface area contributed by atoms with Crippen molar-refractivity contribution >= 4 is 39.6 Å². The van der Waals surface area contributed by atoms with Gasteiger partial charge in [0.05, 0.1) is 9.34 Å². The van der Waals surface area contributed by atoms with E-state index in [0.29, 0.717) is 17.9 Å². The zero-order valence-electron chi connectivity index (χ0n) is 11.9. The van der Waals surface area contributed by atoms with Crippen LogP contribution in [0, 0.1) is 6.92 Å². The summed E-state index contributed by atoms with van der Waals surface area (Å²) in [5.74, 6) is 0.791. The SMILES string of the molecule is Cc1ccc(OC(=O)[C@@H]2CS[C@@]3(C)CCC(=O)N23)c(Br)c1. The molecule has 2 aliphatic rings. The lowest BCUT2D eigenvalue weighted by Gasteiger charge is -2.29. The molecule has 0 aromatic heterocycles. The van der Waals surface area contributed by atoms with Crippen LogP contribution in [0.2, 0.25) is 0 Å². The van der Waals surface area contributed by atoms with Crippen molar-refractivity contribution in [2.45, 2.75) is 37.6 Å². The molecule has 1 aromatic carbocycles. The van der Waals surface area contributed by atoms with Crippen LogP contribution in [-0.4, -0.2) is 33.4 Å². The van der Waals surface area contributed by atoms with Crippen molar-refractivity contribution in [1.82, 2.24) is 4.90 Å². The Kier molecular flexibility index (Phi) is 3.78. The lowest BCUT2D eigenvalue weighted by molar-refractivity contribution is -0.146. The van der Waals surface area contributed by atoms with Gasteiger partial charge in [0, 0.05) is 12.2 Å². The van der Waals surface area contributed by atoms with Gasteiger partial charge >= 0.3 is 5.97 Å². The molecule has 0 unspecified atom stereocenters. The van der Waals surface area contributed by atoms with Crippen molar-refractivity contribution in [3.05, 3.63) is 28.2 Å². The van der Waals surface area contributed by atoms with Crippen LogP contribution in [0.15, 0.2) is 22.7 Å². The quantitative estimate of drug-likeness (QED) is 0.593. The Morgan fingerprint density at radius 2 is 2.29 bits per heavy atom. The van der Waals surface area contributed by atoms with Gasteiger partial charge in [-0.1, -0.05) is 6.07 Å². The summed E-state index contributed by atoms with van der Waals surface area (Å²) >= 11 is 5.07. The Bertz CT molecular complexity index is 621. The highest BCUT2D eigenvalue weighted by Crippen LogP contribution is 2.47. The van der Waals surface area contributed by atoms with E-state index in [1.165, 1.54) is 0 Å². The van der Waals surface area contributed by atoms with Crippen LogP contribution in [0.4, 0.5) is 0 Å². The Labute approximate surface area is 136 Å². The molecule has 1 amide bonds. The molecule has 2 aliphatic heterocycles. The molecule has 112 valence electrons. The number of nitrogens with zero attached hydrogens (tertiary/aromatic N) is 1. The lowest BCUT2D eigenvalue weighted by Crippen LogP contribution is -2.47. The first-order valence-corrected chi connectivity index (χ1v) is 8.62. The van der Waals surface area contributed by atoms with E-state index in [1.54, 1.807) is 22.7 Å². The molecule has 0 N–H and O–H groups in total. The Balaban J connectivity index is 1.78. The summed E-state index contributed by atoms with van der Waals surface area (Å²) in [5.41, 5.74) is 1.08. The molecule has 0 saturated carbocycles. The third kappa shape index (κ3) is 2.59. The van der Waals surface area contributed by atoms with Crippen molar-refractivity contribution in [3.8, 4) is 5.75 Å². The summed E-state index contributed by atoms with van der Waals surface area (Å²) < 4.78 is 6.24. The standard InChI is InChI=1S/C15H16BrNO3S/c1-9-3-4-12(10(16)7-9)20-14(19)11-8-21-15(2)6-5-13(18)17(11)15/h3-4,7,11H,5-6,8H2,1-2H3/t11-,15-/m0/s1. The average molecular weight is 370 g/mol. The number of hydrogen-bond acceptors (Lipinski definition) is 4. The molecular weight excluding hydrogens is 354 g/mol. The molecule has 3 rings (SSSR count). The fourth-order valence-electron chi connectivity index (χ4n) is 2.86. The lowest BCUT2D eigenvalue weighted by atomic mass is 10.2. The first-order valence-electron chi connectivity index (χ1n) is 6.85. The van der Waals surface area contributed by atoms with Gasteiger partial charge in [-0.2, -0.15) is 0 Å². The van der Waals surface area contributed by atoms with Gasteiger partial charge in [0.2, 0.25) is 5.91 Å². The van der Waals surface area contributed by atoms with Gasteiger partial charge < -0.3 is 9.64 Å². The molecule has 2 heterocycles. The maximum atomic E-state index is 12.4. The van der Waals surface area contributed by atoms with E-state index in [9.17, 15) is 9.59 Å². The van der Waals surface area contributed by atoms with E-state index < -0.39 is 6.04 Å². The number of fused-ring (bicyclic) bond motifs is 1. The number of amides is 1. The van der Waals surface area contributed by atoms with Gasteiger partial charge in [-0.05, 0) is 53.9 Å². The number of ether oxygens (including phenoxy) is 1.